The fraction of sp³-hybridized carbons (Fsp3) is 0.167. The summed E-state index contributed by atoms with van der Waals surface area (Å²) < 4.78 is 5.48. The van der Waals surface area contributed by atoms with Gasteiger partial charge in [-0.3, -0.25) is 4.99 Å². The third-order valence-electron chi connectivity index (χ3n) is 7.51. The molecule has 4 heterocycles. The second-order valence-corrected chi connectivity index (χ2v) is 9.85. The lowest BCUT2D eigenvalue weighted by atomic mass is 9.77. The lowest BCUT2D eigenvalue weighted by molar-refractivity contribution is -0.750. The largest absolute Gasteiger partial charge is 0.468 e. The third kappa shape index (κ3) is 3.84. The Bertz CT molecular complexity index is 1600. The highest BCUT2D eigenvalue weighted by atomic mass is 16.3. The highest BCUT2D eigenvalue weighted by molar-refractivity contribution is 6.02. The molecule has 2 aromatic carbocycles. The molecule has 4 aromatic rings. The number of allylic oxidation sites excluding steroid dienone is 2. The van der Waals surface area contributed by atoms with Crippen LogP contribution in [0.25, 0.3) is 22.2 Å². The van der Waals surface area contributed by atoms with Gasteiger partial charge in [0.2, 0.25) is 5.70 Å². The number of benzene rings is 2. The van der Waals surface area contributed by atoms with E-state index in [1.165, 1.54) is 0 Å². The number of amidine groups is 1. The minimum Gasteiger partial charge on any atom is -0.468 e. The molecule has 7 nitrogen and oxygen atoms in total. The van der Waals surface area contributed by atoms with Gasteiger partial charge in [0.05, 0.1) is 42.0 Å². The van der Waals surface area contributed by atoms with Crippen LogP contribution < -0.4 is 11.2 Å². The number of nitrogens with zero attached hydrogens (tertiary/aromatic N) is 4. The van der Waals surface area contributed by atoms with Crippen LogP contribution in [0.2, 0.25) is 0 Å². The van der Waals surface area contributed by atoms with E-state index >= 15 is 0 Å². The fourth-order valence-corrected chi connectivity index (χ4v) is 5.40. The maximum Gasteiger partial charge on any atom is 0.264 e. The molecule has 0 spiro atoms. The number of nitrogens with two attached hydrogens (primary N) is 1. The van der Waals surface area contributed by atoms with Crippen molar-refractivity contribution in [1.29, 1.82) is 0 Å². The quantitative estimate of drug-likeness (QED) is 0.286. The number of furan rings is 1. The predicted molar refractivity (Wildman–Crippen MR) is 145 cm³/mol. The van der Waals surface area contributed by atoms with Crippen molar-refractivity contribution >= 4 is 23.0 Å². The van der Waals surface area contributed by atoms with Crippen molar-refractivity contribution in [3.05, 3.63) is 114 Å². The van der Waals surface area contributed by atoms with Crippen molar-refractivity contribution in [1.82, 2.24) is 10.3 Å². The van der Waals surface area contributed by atoms with E-state index in [0.29, 0.717) is 12.0 Å². The Balaban J connectivity index is 1.18. The molecule has 3 N–H and O–H groups in total. The molecule has 3 aliphatic rings. The average molecular weight is 488 g/mol. The van der Waals surface area contributed by atoms with E-state index < -0.39 is 0 Å². The number of fused-ring (bicyclic) bond motifs is 2. The van der Waals surface area contributed by atoms with Gasteiger partial charge < -0.3 is 9.73 Å². The van der Waals surface area contributed by atoms with Gasteiger partial charge in [0.1, 0.15) is 17.7 Å². The van der Waals surface area contributed by atoms with Gasteiger partial charge in [-0.2, -0.15) is 10.8 Å². The summed E-state index contributed by atoms with van der Waals surface area (Å²) in [5.74, 6) is 9.08. The summed E-state index contributed by atoms with van der Waals surface area (Å²) in [6.45, 7) is 0.737. The van der Waals surface area contributed by atoms with E-state index in [2.05, 4.69) is 52.8 Å². The number of quaternary nitrogens is 1. The first-order chi connectivity index (χ1) is 18.2. The standard InChI is InChI=1S/C30H27N6O/c31-36-13-12-32-19-28(36)29(23-15-24(16-23)33-18-25-7-4-14-37-25)35-30(36)22-9-8-21-10-11-26(34-27(21)17-22)20-5-2-1-3-6-20/h1-14,17,19,23-24,33H,15-16,18,31H2/q+1. The number of aromatic nitrogens is 1. The maximum absolute atomic E-state index is 6.99. The molecule has 1 atom stereocenters. The zero-order valence-electron chi connectivity index (χ0n) is 20.3. The maximum atomic E-state index is 6.99. The van der Waals surface area contributed by atoms with Gasteiger partial charge in [0.25, 0.3) is 5.84 Å². The summed E-state index contributed by atoms with van der Waals surface area (Å²) in [4.78, 5) is 14.5. The van der Waals surface area contributed by atoms with Crippen LogP contribution in [0.1, 0.15) is 24.2 Å². The van der Waals surface area contributed by atoms with E-state index in [9.17, 15) is 0 Å². The van der Waals surface area contributed by atoms with Crippen molar-refractivity contribution in [2.45, 2.75) is 25.4 Å². The Kier molecular flexibility index (Phi) is 5.21. The van der Waals surface area contributed by atoms with Crippen molar-refractivity contribution in [3.8, 4) is 11.3 Å². The zero-order valence-corrected chi connectivity index (χ0v) is 20.3. The molecule has 0 bridgehead atoms. The first kappa shape index (κ1) is 22.1. The minimum atomic E-state index is 0.0315. The molecule has 1 saturated carbocycles. The second kappa shape index (κ2) is 8.74. The molecule has 182 valence electrons. The van der Waals surface area contributed by atoms with Crippen LogP contribution >= 0.6 is 0 Å². The van der Waals surface area contributed by atoms with Gasteiger partial charge in [-0.05, 0) is 43.2 Å². The Morgan fingerprint density at radius 1 is 0.973 bits per heavy atom. The second-order valence-electron chi connectivity index (χ2n) is 9.85. The van der Waals surface area contributed by atoms with Crippen LogP contribution in [-0.4, -0.2) is 27.7 Å². The molecular formula is C30H27N6O+. The molecule has 7 rings (SSSR count). The minimum absolute atomic E-state index is 0.0315. The number of hydrogen-bond donors (Lipinski definition) is 2. The lowest BCUT2D eigenvalue weighted by Gasteiger charge is -2.35. The van der Waals surface area contributed by atoms with E-state index in [0.717, 1.165) is 70.1 Å². The molecule has 0 radical (unpaired) electrons. The predicted octanol–water partition coefficient (Wildman–Crippen LogP) is 5.28. The average Bonchev–Trinajstić information content (AvgIpc) is 3.54. The summed E-state index contributed by atoms with van der Waals surface area (Å²) in [6, 6.07) is 25.0. The fourth-order valence-electron chi connectivity index (χ4n) is 5.40. The summed E-state index contributed by atoms with van der Waals surface area (Å²) >= 11 is 0. The number of nitrogens with one attached hydrogen (secondary N) is 1. The molecule has 0 saturated heterocycles. The van der Waals surface area contributed by atoms with Crippen molar-refractivity contribution < 1.29 is 9.01 Å². The molecule has 1 aliphatic carbocycles. The van der Waals surface area contributed by atoms with Gasteiger partial charge in [0, 0.05) is 22.9 Å². The van der Waals surface area contributed by atoms with Crippen molar-refractivity contribution in [2.24, 2.45) is 21.7 Å². The number of aliphatic imine (C=N–C) groups is 2. The molecule has 2 aliphatic heterocycles. The van der Waals surface area contributed by atoms with Crippen LogP contribution in [0.4, 0.5) is 0 Å². The molecule has 1 unspecified atom stereocenters. The topological polar surface area (TPSA) is 88.8 Å². The SMILES string of the molecule is N[N+]12C=CN=CC1=C(C1CC(NCc3ccco3)C1)N=C2c1ccc2ccc(-c3ccccc3)nc2c1. The van der Waals surface area contributed by atoms with Crippen LogP contribution in [-0.2, 0) is 6.54 Å². The summed E-state index contributed by atoms with van der Waals surface area (Å²) in [7, 11) is 0. The molecule has 2 aromatic heterocycles. The number of pyridine rings is 1. The first-order valence-electron chi connectivity index (χ1n) is 12.6. The zero-order chi connectivity index (χ0) is 24.8. The first-order valence-corrected chi connectivity index (χ1v) is 12.6. The Morgan fingerprint density at radius 2 is 1.84 bits per heavy atom. The highest BCUT2D eigenvalue weighted by Crippen LogP contribution is 2.42. The number of rotatable bonds is 6. The van der Waals surface area contributed by atoms with E-state index in [1.807, 2.05) is 42.7 Å². The lowest BCUT2D eigenvalue weighted by Crippen LogP contribution is -2.53. The van der Waals surface area contributed by atoms with Crippen molar-refractivity contribution in [3.63, 3.8) is 0 Å². The summed E-state index contributed by atoms with van der Waals surface area (Å²) in [6.07, 6.45) is 9.25. The molecule has 1 fully saturated rings. The Morgan fingerprint density at radius 3 is 2.68 bits per heavy atom. The van der Waals surface area contributed by atoms with Crippen LogP contribution in [0.15, 0.2) is 117 Å². The number of hydrogen-bond acceptors (Lipinski definition) is 6. The normalized spacial score (nSPS) is 24.3. The van der Waals surface area contributed by atoms with Gasteiger partial charge in [-0.1, -0.05) is 42.5 Å². The van der Waals surface area contributed by atoms with E-state index in [4.69, 9.17) is 20.2 Å². The summed E-state index contributed by atoms with van der Waals surface area (Å²) in [5, 5.41) is 4.66. The van der Waals surface area contributed by atoms with Gasteiger partial charge in [0.15, 0.2) is 0 Å². The molecule has 37 heavy (non-hydrogen) atoms. The van der Waals surface area contributed by atoms with Crippen LogP contribution in [0.5, 0.6) is 0 Å². The van der Waals surface area contributed by atoms with Gasteiger partial charge in [-0.15, -0.1) is 4.59 Å². The van der Waals surface area contributed by atoms with Gasteiger partial charge >= 0.3 is 0 Å². The smallest absolute Gasteiger partial charge is 0.264 e. The van der Waals surface area contributed by atoms with Gasteiger partial charge in [-0.25, -0.2) is 4.98 Å². The van der Waals surface area contributed by atoms with E-state index in [1.54, 1.807) is 12.5 Å². The summed E-state index contributed by atoms with van der Waals surface area (Å²) in [5.41, 5.74) is 5.90. The molecule has 0 amide bonds. The monoisotopic (exact) mass is 487 g/mol. The van der Waals surface area contributed by atoms with Crippen molar-refractivity contribution in [2.75, 3.05) is 0 Å². The molecular weight excluding hydrogens is 460 g/mol. The third-order valence-corrected chi connectivity index (χ3v) is 7.51. The molecule has 7 heteroatoms. The van der Waals surface area contributed by atoms with Crippen LogP contribution in [0, 0.1) is 5.92 Å². The van der Waals surface area contributed by atoms with E-state index in [-0.39, 0.29) is 4.59 Å². The Labute approximate surface area is 214 Å². The van der Waals surface area contributed by atoms with Crippen LogP contribution in [0.3, 0.4) is 0 Å². The Hall–Kier alpha value is -4.17. The highest BCUT2D eigenvalue weighted by Gasteiger charge is 2.48.